The average Bonchev–Trinajstić information content (AvgIpc) is 3.16. The van der Waals surface area contributed by atoms with Gasteiger partial charge in [0.05, 0.1) is 28.8 Å². The van der Waals surface area contributed by atoms with Crippen LogP contribution in [0.25, 0.3) is 11.1 Å². The number of nitrogens with zero attached hydrogens (tertiary/aromatic N) is 5. The Kier molecular flexibility index (Phi) is 5.19. The number of anilines is 2. The summed E-state index contributed by atoms with van der Waals surface area (Å²) in [5.74, 6) is 0.470. The fourth-order valence-corrected chi connectivity index (χ4v) is 3.67. The van der Waals surface area contributed by atoms with Crippen LogP contribution in [0, 0.1) is 0 Å². The standard InChI is InChI=1S/C20H18Cl2FN5O/c1-26(2)18-7-12(5-6-24-18)15-10-25-28-14(9-23)11-27(20(29)19(15)28)13-3-4-16(21)17(22)8-13/h3-8,10,14H,9,11H2,1-2H3. The van der Waals surface area contributed by atoms with Crippen molar-refractivity contribution in [3.05, 3.63) is 58.5 Å². The Hall–Kier alpha value is -2.64. The number of aromatic nitrogens is 3. The fraction of sp³-hybridized carbons (Fsp3) is 0.250. The van der Waals surface area contributed by atoms with Gasteiger partial charge >= 0.3 is 0 Å². The molecule has 1 aromatic carbocycles. The van der Waals surface area contributed by atoms with E-state index in [1.807, 2.05) is 25.1 Å². The molecule has 0 aliphatic carbocycles. The van der Waals surface area contributed by atoms with Crippen molar-refractivity contribution in [1.82, 2.24) is 14.8 Å². The zero-order chi connectivity index (χ0) is 20.7. The maximum atomic E-state index is 13.8. The number of hydrogen-bond acceptors (Lipinski definition) is 4. The van der Waals surface area contributed by atoms with Crippen LogP contribution in [-0.4, -0.2) is 48.0 Å². The number of benzene rings is 1. The van der Waals surface area contributed by atoms with Gasteiger partial charge in [-0.05, 0) is 35.9 Å². The predicted molar refractivity (Wildman–Crippen MR) is 113 cm³/mol. The molecule has 0 saturated heterocycles. The SMILES string of the molecule is CN(C)c1cc(-c2cnn3c2C(=O)N(c2ccc(Cl)c(Cl)c2)CC3CF)ccn1. The molecule has 1 atom stereocenters. The third-order valence-electron chi connectivity index (χ3n) is 4.89. The molecule has 29 heavy (non-hydrogen) atoms. The Balaban J connectivity index is 1.82. The van der Waals surface area contributed by atoms with Crippen molar-refractivity contribution in [1.29, 1.82) is 0 Å². The lowest BCUT2D eigenvalue weighted by Gasteiger charge is -2.33. The summed E-state index contributed by atoms with van der Waals surface area (Å²) in [6.45, 7) is -0.501. The number of rotatable bonds is 4. The van der Waals surface area contributed by atoms with E-state index in [9.17, 15) is 9.18 Å². The minimum absolute atomic E-state index is 0.153. The molecule has 9 heteroatoms. The van der Waals surface area contributed by atoms with Gasteiger partial charge in [0.25, 0.3) is 5.91 Å². The number of pyridine rings is 1. The average molecular weight is 434 g/mol. The highest BCUT2D eigenvalue weighted by Crippen LogP contribution is 2.35. The Labute approximate surface area is 177 Å². The summed E-state index contributed by atoms with van der Waals surface area (Å²) in [7, 11) is 3.77. The molecule has 1 aliphatic heterocycles. The van der Waals surface area contributed by atoms with E-state index in [2.05, 4.69) is 10.1 Å². The van der Waals surface area contributed by atoms with Crippen molar-refractivity contribution in [3.63, 3.8) is 0 Å². The van der Waals surface area contributed by atoms with E-state index in [-0.39, 0.29) is 12.5 Å². The van der Waals surface area contributed by atoms with Crippen LogP contribution < -0.4 is 9.80 Å². The number of carbonyl (C=O) groups excluding carboxylic acids is 1. The molecule has 150 valence electrons. The first-order valence-electron chi connectivity index (χ1n) is 8.95. The van der Waals surface area contributed by atoms with Crippen molar-refractivity contribution >= 4 is 40.6 Å². The van der Waals surface area contributed by atoms with E-state index in [4.69, 9.17) is 23.2 Å². The summed E-state index contributed by atoms with van der Waals surface area (Å²) in [5.41, 5.74) is 2.31. The van der Waals surface area contributed by atoms with E-state index < -0.39 is 12.7 Å². The summed E-state index contributed by atoms with van der Waals surface area (Å²) in [6, 6.07) is 8.01. The summed E-state index contributed by atoms with van der Waals surface area (Å²) < 4.78 is 15.3. The van der Waals surface area contributed by atoms with Crippen molar-refractivity contribution in [2.75, 3.05) is 37.1 Å². The van der Waals surface area contributed by atoms with Gasteiger partial charge in [-0.1, -0.05) is 23.2 Å². The minimum atomic E-state index is -0.654. The highest BCUT2D eigenvalue weighted by atomic mass is 35.5. The van der Waals surface area contributed by atoms with E-state index in [1.165, 1.54) is 9.58 Å². The highest BCUT2D eigenvalue weighted by molar-refractivity contribution is 6.42. The second-order valence-corrected chi connectivity index (χ2v) is 7.79. The second kappa shape index (κ2) is 7.65. The number of fused-ring (bicyclic) bond motifs is 1. The smallest absolute Gasteiger partial charge is 0.277 e. The molecule has 4 rings (SSSR count). The molecule has 0 spiro atoms. The molecule has 6 nitrogen and oxygen atoms in total. The van der Waals surface area contributed by atoms with Crippen molar-refractivity contribution in [3.8, 4) is 11.1 Å². The van der Waals surface area contributed by atoms with Crippen LogP contribution in [0.5, 0.6) is 0 Å². The van der Waals surface area contributed by atoms with Gasteiger partial charge in [-0.15, -0.1) is 0 Å². The number of alkyl halides is 1. The van der Waals surface area contributed by atoms with Gasteiger partial charge in [0.15, 0.2) is 0 Å². The molecule has 0 N–H and O–H groups in total. The molecule has 0 bridgehead atoms. The van der Waals surface area contributed by atoms with Gasteiger partial charge in [-0.2, -0.15) is 5.10 Å². The first kappa shape index (κ1) is 19.7. The molecule has 2 aromatic heterocycles. The molecular weight excluding hydrogens is 416 g/mol. The summed E-state index contributed by atoms with van der Waals surface area (Å²) in [6.07, 6.45) is 3.27. The van der Waals surface area contributed by atoms with Crippen molar-refractivity contribution in [2.24, 2.45) is 0 Å². The zero-order valence-corrected chi connectivity index (χ0v) is 17.3. The zero-order valence-electron chi connectivity index (χ0n) is 15.8. The van der Waals surface area contributed by atoms with Gasteiger partial charge in [-0.3, -0.25) is 9.48 Å². The maximum absolute atomic E-state index is 13.8. The molecule has 0 radical (unpaired) electrons. The van der Waals surface area contributed by atoms with Gasteiger partial charge in [0, 0.05) is 31.5 Å². The molecule has 3 heterocycles. The van der Waals surface area contributed by atoms with Crippen LogP contribution in [0.15, 0.2) is 42.7 Å². The molecule has 0 fully saturated rings. The van der Waals surface area contributed by atoms with E-state index in [0.29, 0.717) is 27.0 Å². The number of halogens is 3. The topological polar surface area (TPSA) is 54.3 Å². The summed E-state index contributed by atoms with van der Waals surface area (Å²) >= 11 is 12.1. The molecule has 1 aliphatic rings. The Morgan fingerprint density at radius 2 is 2.00 bits per heavy atom. The van der Waals surface area contributed by atoms with Crippen LogP contribution in [0.2, 0.25) is 10.0 Å². The van der Waals surface area contributed by atoms with Crippen LogP contribution in [0.4, 0.5) is 15.9 Å². The maximum Gasteiger partial charge on any atom is 0.277 e. The van der Waals surface area contributed by atoms with Gasteiger partial charge < -0.3 is 9.80 Å². The first-order valence-corrected chi connectivity index (χ1v) is 9.70. The first-order chi connectivity index (χ1) is 13.9. The molecule has 3 aromatic rings. The van der Waals surface area contributed by atoms with E-state index in [0.717, 1.165) is 11.4 Å². The third kappa shape index (κ3) is 3.45. The van der Waals surface area contributed by atoms with Gasteiger partial charge in [0.1, 0.15) is 18.2 Å². The predicted octanol–water partition coefficient (Wildman–Crippen LogP) is 4.49. The van der Waals surface area contributed by atoms with Crippen LogP contribution in [0.3, 0.4) is 0 Å². The van der Waals surface area contributed by atoms with Crippen LogP contribution >= 0.6 is 23.2 Å². The normalized spacial score (nSPS) is 16.1. The van der Waals surface area contributed by atoms with Crippen molar-refractivity contribution < 1.29 is 9.18 Å². The number of carbonyl (C=O) groups is 1. The fourth-order valence-electron chi connectivity index (χ4n) is 3.38. The molecule has 1 amide bonds. The Morgan fingerprint density at radius 1 is 1.21 bits per heavy atom. The number of hydrogen-bond donors (Lipinski definition) is 0. The monoisotopic (exact) mass is 433 g/mol. The number of amides is 1. The van der Waals surface area contributed by atoms with Gasteiger partial charge in [-0.25, -0.2) is 9.37 Å². The van der Waals surface area contributed by atoms with Crippen molar-refractivity contribution in [2.45, 2.75) is 6.04 Å². The summed E-state index contributed by atoms with van der Waals surface area (Å²) in [5, 5.41) is 5.04. The molecule has 1 unspecified atom stereocenters. The largest absolute Gasteiger partial charge is 0.363 e. The molecule has 0 saturated carbocycles. The van der Waals surface area contributed by atoms with E-state index in [1.54, 1.807) is 36.7 Å². The lowest BCUT2D eigenvalue weighted by molar-refractivity contribution is 0.0946. The molecular formula is C20H18Cl2FN5O. The quantitative estimate of drug-likeness (QED) is 0.608. The minimum Gasteiger partial charge on any atom is -0.363 e. The third-order valence-corrected chi connectivity index (χ3v) is 5.63. The Bertz CT molecular complexity index is 1080. The highest BCUT2D eigenvalue weighted by Gasteiger charge is 2.35. The lowest BCUT2D eigenvalue weighted by Crippen LogP contribution is -2.44. The van der Waals surface area contributed by atoms with Crippen LogP contribution in [-0.2, 0) is 0 Å². The van der Waals surface area contributed by atoms with Crippen LogP contribution in [0.1, 0.15) is 16.5 Å². The second-order valence-electron chi connectivity index (χ2n) is 6.97. The Morgan fingerprint density at radius 3 is 2.69 bits per heavy atom. The summed E-state index contributed by atoms with van der Waals surface area (Å²) in [4.78, 5) is 21.1. The lowest BCUT2D eigenvalue weighted by atomic mass is 10.0. The van der Waals surface area contributed by atoms with E-state index >= 15 is 0 Å². The van der Waals surface area contributed by atoms with Gasteiger partial charge in [0.2, 0.25) is 0 Å².